The number of nitrogens with zero attached hydrogens (tertiary/aromatic N) is 4. The van der Waals surface area contributed by atoms with Crippen molar-refractivity contribution in [1.29, 1.82) is 0 Å². The Morgan fingerprint density at radius 3 is 2.54 bits per heavy atom. The van der Waals surface area contributed by atoms with E-state index in [-0.39, 0.29) is 0 Å². The third kappa shape index (κ3) is 2.71. The number of benzene rings is 1. The third-order valence-corrected chi connectivity index (χ3v) is 7.69. The van der Waals surface area contributed by atoms with Crippen molar-refractivity contribution in [2.45, 2.75) is 56.3 Å². The van der Waals surface area contributed by atoms with E-state index in [2.05, 4.69) is 56.1 Å². The molecule has 5 fully saturated rings. The van der Waals surface area contributed by atoms with Gasteiger partial charge in [0.05, 0.1) is 19.1 Å². The van der Waals surface area contributed by atoms with Gasteiger partial charge in [0.2, 0.25) is 0 Å². The molecule has 4 saturated heterocycles. The minimum Gasteiger partial charge on any atom is -0.497 e. The van der Waals surface area contributed by atoms with E-state index in [0.29, 0.717) is 24.0 Å². The van der Waals surface area contributed by atoms with Gasteiger partial charge in [-0.15, -0.1) is 0 Å². The predicted octanol–water partition coefficient (Wildman–Crippen LogP) is 3.29. The number of hydrogen-bond donors (Lipinski definition) is 0. The number of imidazole rings is 1. The van der Waals surface area contributed by atoms with E-state index in [9.17, 15) is 0 Å². The van der Waals surface area contributed by atoms with Gasteiger partial charge in [-0.1, -0.05) is 12.1 Å². The van der Waals surface area contributed by atoms with Crippen molar-refractivity contribution >= 4 is 0 Å². The Labute approximate surface area is 167 Å². The summed E-state index contributed by atoms with van der Waals surface area (Å²) in [5.41, 5.74) is 2.88. The van der Waals surface area contributed by atoms with Crippen molar-refractivity contribution in [3.05, 3.63) is 48.0 Å². The van der Waals surface area contributed by atoms with Crippen LogP contribution in [0.1, 0.15) is 48.9 Å². The van der Waals surface area contributed by atoms with E-state index in [1.165, 1.54) is 50.0 Å². The fraction of sp³-hybridized carbons (Fsp3) is 0.609. The molecule has 1 aromatic heterocycles. The van der Waals surface area contributed by atoms with E-state index in [4.69, 9.17) is 4.74 Å². The molecule has 28 heavy (non-hydrogen) atoms. The van der Waals surface area contributed by atoms with Crippen molar-refractivity contribution < 1.29 is 4.74 Å². The van der Waals surface area contributed by atoms with Crippen LogP contribution >= 0.6 is 0 Å². The molecule has 5 aliphatic rings. The van der Waals surface area contributed by atoms with Gasteiger partial charge in [-0.25, -0.2) is 4.98 Å². The fourth-order valence-corrected chi connectivity index (χ4v) is 6.21. The lowest BCUT2D eigenvalue weighted by Gasteiger charge is -2.51. The minimum atomic E-state index is 0.594. The Hall–Kier alpha value is -1.85. The highest BCUT2D eigenvalue weighted by Gasteiger charge is 2.53. The molecule has 5 heteroatoms. The van der Waals surface area contributed by atoms with Gasteiger partial charge in [-0.3, -0.25) is 9.80 Å². The van der Waals surface area contributed by atoms with Crippen LogP contribution in [0.15, 0.2) is 36.8 Å². The van der Waals surface area contributed by atoms with Gasteiger partial charge in [0, 0.05) is 43.3 Å². The molecule has 0 spiro atoms. The van der Waals surface area contributed by atoms with E-state index in [1.54, 1.807) is 7.11 Å². The molecule has 2 bridgehead atoms. The lowest BCUT2D eigenvalue weighted by molar-refractivity contribution is -0.00922. The summed E-state index contributed by atoms with van der Waals surface area (Å²) in [6, 6.07) is 10.9. The van der Waals surface area contributed by atoms with Gasteiger partial charge in [-0.2, -0.15) is 0 Å². The second-order valence-corrected chi connectivity index (χ2v) is 9.19. The number of methoxy groups -OCH3 is 1. The van der Waals surface area contributed by atoms with E-state index < -0.39 is 0 Å². The number of likely N-dealkylation sites (tertiary alicyclic amines) is 1. The average Bonchev–Trinajstić information content (AvgIpc) is 3.36. The fourth-order valence-electron chi connectivity index (χ4n) is 6.21. The highest BCUT2D eigenvalue weighted by Crippen LogP contribution is 2.47. The Balaban J connectivity index is 1.31. The number of ether oxygens (including phenoxy) is 1. The summed E-state index contributed by atoms with van der Waals surface area (Å²) in [7, 11) is 1.75. The van der Waals surface area contributed by atoms with Crippen LogP contribution in [0.4, 0.5) is 0 Å². The van der Waals surface area contributed by atoms with E-state index in [1.807, 2.05) is 0 Å². The lowest BCUT2D eigenvalue weighted by Crippen LogP contribution is -2.60. The van der Waals surface area contributed by atoms with Crippen molar-refractivity contribution in [2.24, 2.45) is 5.92 Å². The molecule has 1 aromatic carbocycles. The Morgan fingerprint density at radius 2 is 1.82 bits per heavy atom. The molecule has 3 atom stereocenters. The van der Waals surface area contributed by atoms with Crippen LogP contribution in [0, 0.1) is 5.92 Å². The summed E-state index contributed by atoms with van der Waals surface area (Å²) in [6.45, 7) is 4.78. The summed E-state index contributed by atoms with van der Waals surface area (Å²) in [6.07, 6.45) is 9.54. The normalized spacial score (nSPS) is 34.5. The monoisotopic (exact) mass is 378 g/mol. The van der Waals surface area contributed by atoms with Crippen LogP contribution in [-0.4, -0.2) is 58.2 Å². The Kier molecular flexibility index (Phi) is 4.02. The van der Waals surface area contributed by atoms with Crippen molar-refractivity contribution in [3.63, 3.8) is 0 Å². The molecule has 148 valence electrons. The van der Waals surface area contributed by atoms with E-state index >= 15 is 0 Å². The average molecular weight is 379 g/mol. The molecule has 0 N–H and O–H groups in total. The summed E-state index contributed by atoms with van der Waals surface area (Å²) < 4.78 is 7.83. The van der Waals surface area contributed by atoms with Crippen molar-refractivity contribution in [2.75, 3.05) is 26.7 Å². The van der Waals surface area contributed by atoms with Gasteiger partial charge >= 0.3 is 0 Å². The number of fused-ring (bicyclic) bond motifs is 2. The molecule has 0 amide bonds. The quantitative estimate of drug-likeness (QED) is 0.799. The first kappa shape index (κ1) is 17.0. The smallest absolute Gasteiger partial charge is 0.118 e. The standard InChI is InChI=1S/C23H30N4O/c1-28-20-6-2-16(3-7-20)21-14-26(13-19-12-24-15-27(19)18-4-5-18)22-17-8-10-25(11-9-17)23(21)22/h2-3,6-7,12,15,17-18,21-23H,4-5,8-11,13-14H2,1H3/t21-,22+,23+/m0/s1. The first-order valence-corrected chi connectivity index (χ1v) is 10.9. The summed E-state index contributed by atoms with van der Waals surface area (Å²) >= 11 is 0. The van der Waals surface area contributed by atoms with Crippen LogP contribution < -0.4 is 4.74 Å². The molecule has 0 radical (unpaired) electrons. The molecule has 4 aliphatic heterocycles. The maximum absolute atomic E-state index is 5.39. The first-order valence-electron chi connectivity index (χ1n) is 10.9. The highest BCUT2D eigenvalue weighted by atomic mass is 16.5. The zero-order valence-corrected chi connectivity index (χ0v) is 16.7. The predicted molar refractivity (Wildman–Crippen MR) is 109 cm³/mol. The maximum atomic E-state index is 5.39. The zero-order valence-electron chi connectivity index (χ0n) is 16.7. The molecule has 7 rings (SSSR count). The highest BCUT2D eigenvalue weighted by molar-refractivity contribution is 5.33. The maximum Gasteiger partial charge on any atom is 0.118 e. The van der Waals surface area contributed by atoms with Crippen LogP contribution in [0.2, 0.25) is 0 Å². The van der Waals surface area contributed by atoms with Crippen LogP contribution in [0.5, 0.6) is 5.75 Å². The lowest BCUT2D eigenvalue weighted by atomic mass is 9.75. The Morgan fingerprint density at radius 1 is 1.04 bits per heavy atom. The third-order valence-electron chi connectivity index (χ3n) is 7.69. The molecule has 2 aromatic rings. The van der Waals surface area contributed by atoms with Crippen molar-refractivity contribution in [1.82, 2.24) is 19.4 Å². The summed E-state index contributed by atoms with van der Waals surface area (Å²) in [5.74, 6) is 2.40. The van der Waals surface area contributed by atoms with Crippen molar-refractivity contribution in [3.8, 4) is 5.75 Å². The SMILES string of the molecule is COc1ccc([C@@H]2CN(Cc3cncn3C3CC3)[C@@H]3C4CCN(CC4)[C@@H]32)cc1. The largest absolute Gasteiger partial charge is 0.497 e. The molecule has 1 aliphatic carbocycles. The van der Waals surface area contributed by atoms with Crippen LogP contribution in [0.25, 0.3) is 0 Å². The molecule has 5 heterocycles. The molecule has 5 nitrogen and oxygen atoms in total. The molecular formula is C23H30N4O. The molecule has 0 unspecified atom stereocenters. The van der Waals surface area contributed by atoms with Gasteiger partial charge in [0.15, 0.2) is 0 Å². The van der Waals surface area contributed by atoms with Crippen LogP contribution in [0.3, 0.4) is 0 Å². The summed E-state index contributed by atoms with van der Waals surface area (Å²) in [5, 5.41) is 0. The van der Waals surface area contributed by atoms with Gasteiger partial charge in [-0.05, 0) is 62.4 Å². The Bertz CT molecular complexity index is 835. The topological polar surface area (TPSA) is 33.5 Å². The number of rotatable bonds is 5. The minimum absolute atomic E-state index is 0.594. The number of hydrogen-bond acceptors (Lipinski definition) is 4. The van der Waals surface area contributed by atoms with Gasteiger partial charge in [0.1, 0.15) is 5.75 Å². The zero-order chi connectivity index (χ0) is 18.7. The van der Waals surface area contributed by atoms with Gasteiger partial charge < -0.3 is 9.30 Å². The molecular weight excluding hydrogens is 348 g/mol. The van der Waals surface area contributed by atoms with E-state index in [0.717, 1.165) is 24.8 Å². The number of piperidine rings is 3. The second kappa shape index (κ2) is 6.60. The number of aromatic nitrogens is 2. The molecule has 1 saturated carbocycles. The second-order valence-electron chi connectivity index (χ2n) is 9.19. The first-order chi connectivity index (χ1) is 13.8. The van der Waals surface area contributed by atoms with Gasteiger partial charge in [0.25, 0.3) is 0 Å². The van der Waals surface area contributed by atoms with Crippen LogP contribution in [-0.2, 0) is 6.54 Å². The summed E-state index contributed by atoms with van der Waals surface area (Å²) in [4.78, 5) is 10.1.